The first-order valence-corrected chi connectivity index (χ1v) is 6.76. The molecule has 0 saturated heterocycles. The van der Waals surface area contributed by atoms with Crippen molar-refractivity contribution < 1.29 is 0 Å². The highest BCUT2D eigenvalue weighted by molar-refractivity contribution is 5.23. The van der Waals surface area contributed by atoms with Gasteiger partial charge < -0.3 is 0 Å². The minimum atomic E-state index is 1.09. The Bertz CT molecular complexity index is 261. The van der Waals surface area contributed by atoms with Gasteiger partial charge in [0.15, 0.2) is 0 Å². The van der Waals surface area contributed by atoms with Crippen LogP contribution in [-0.4, -0.2) is 0 Å². The zero-order valence-corrected chi connectivity index (χ0v) is 11.1. The fourth-order valence-electron chi connectivity index (χ4n) is 2.26. The van der Waals surface area contributed by atoms with Crippen molar-refractivity contribution in [2.45, 2.75) is 59.3 Å². The lowest BCUT2D eigenvalue weighted by molar-refractivity contribution is 0.349. The SMILES string of the molecule is CCC1CCCCC1.Cc1ccccc1C. The fraction of sp³-hybridized carbons (Fsp3) is 0.625. The highest BCUT2D eigenvalue weighted by atomic mass is 14.2. The largest absolute Gasteiger partial charge is 0.0651 e. The highest BCUT2D eigenvalue weighted by Crippen LogP contribution is 2.25. The van der Waals surface area contributed by atoms with Gasteiger partial charge in [0.2, 0.25) is 0 Å². The Hall–Kier alpha value is -0.780. The van der Waals surface area contributed by atoms with Crippen molar-refractivity contribution in [2.24, 2.45) is 5.92 Å². The predicted octanol–water partition coefficient (Wildman–Crippen LogP) is 5.28. The Balaban J connectivity index is 0.000000160. The first-order valence-electron chi connectivity index (χ1n) is 6.76. The monoisotopic (exact) mass is 218 g/mol. The van der Waals surface area contributed by atoms with Crippen LogP contribution < -0.4 is 0 Å². The van der Waals surface area contributed by atoms with Gasteiger partial charge in [0.05, 0.1) is 0 Å². The van der Waals surface area contributed by atoms with E-state index in [0.717, 1.165) is 5.92 Å². The van der Waals surface area contributed by atoms with E-state index < -0.39 is 0 Å². The summed E-state index contributed by atoms with van der Waals surface area (Å²) in [7, 11) is 0. The Morgan fingerprint density at radius 2 is 1.44 bits per heavy atom. The molecule has 0 N–H and O–H groups in total. The maximum absolute atomic E-state index is 2.32. The molecule has 0 atom stereocenters. The third kappa shape index (κ3) is 4.83. The molecule has 0 bridgehead atoms. The first-order chi connectivity index (χ1) is 7.74. The van der Waals surface area contributed by atoms with Crippen LogP contribution in [0.2, 0.25) is 0 Å². The van der Waals surface area contributed by atoms with Gasteiger partial charge in [-0.15, -0.1) is 0 Å². The van der Waals surface area contributed by atoms with E-state index in [9.17, 15) is 0 Å². The van der Waals surface area contributed by atoms with E-state index in [-0.39, 0.29) is 0 Å². The summed E-state index contributed by atoms with van der Waals surface area (Å²) in [6.07, 6.45) is 8.93. The van der Waals surface area contributed by atoms with Crippen LogP contribution in [0.4, 0.5) is 0 Å². The summed E-state index contributed by atoms with van der Waals surface area (Å²) in [5.74, 6) is 1.09. The van der Waals surface area contributed by atoms with E-state index in [2.05, 4.69) is 45.0 Å². The molecule has 0 heteroatoms. The molecule has 1 aromatic carbocycles. The Morgan fingerprint density at radius 1 is 0.938 bits per heavy atom. The molecule has 0 heterocycles. The summed E-state index contributed by atoms with van der Waals surface area (Å²) < 4.78 is 0. The van der Waals surface area contributed by atoms with Crippen molar-refractivity contribution in [1.82, 2.24) is 0 Å². The smallest absolute Gasteiger partial charge is 0.0395 e. The van der Waals surface area contributed by atoms with Crippen molar-refractivity contribution in [3.63, 3.8) is 0 Å². The molecule has 16 heavy (non-hydrogen) atoms. The molecule has 0 radical (unpaired) electrons. The van der Waals surface area contributed by atoms with Crippen LogP contribution in [0, 0.1) is 19.8 Å². The molecule has 1 fully saturated rings. The lowest BCUT2D eigenvalue weighted by Crippen LogP contribution is -2.03. The molecule has 1 aromatic rings. The first kappa shape index (κ1) is 13.3. The van der Waals surface area contributed by atoms with Crippen molar-refractivity contribution in [3.8, 4) is 0 Å². The molecular formula is C16H26. The van der Waals surface area contributed by atoms with Gasteiger partial charge in [-0.2, -0.15) is 0 Å². The van der Waals surface area contributed by atoms with Gasteiger partial charge in [-0.05, 0) is 30.9 Å². The van der Waals surface area contributed by atoms with Crippen LogP contribution in [0.5, 0.6) is 0 Å². The number of hydrogen-bond donors (Lipinski definition) is 0. The second-order valence-corrected chi connectivity index (χ2v) is 5.00. The van der Waals surface area contributed by atoms with E-state index in [1.807, 2.05) is 0 Å². The number of hydrogen-bond acceptors (Lipinski definition) is 0. The molecule has 0 amide bonds. The maximum Gasteiger partial charge on any atom is -0.0395 e. The molecule has 0 aromatic heterocycles. The topological polar surface area (TPSA) is 0 Å². The Labute approximate surface area is 101 Å². The lowest BCUT2D eigenvalue weighted by Gasteiger charge is -2.18. The van der Waals surface area contributed by atoms with E-state index in [0.29, 0.717) is 0 Å². The minimum Gasteiger partial charge on any atom is -0.0651 e. The van der Waals surface area contributed by atoms with Crippen molar-refractivity contribution in [2.75, 3.05) is 0 Å². The molecule has 2 rings (SSSR count). The van der Waals surface area contributed by atoms with Crippen LogP contribution in [0.15, 0.2) is 24.3 Å². The third-order valence-electron chi connectivity index (χ3n) is 3.73. The van der Waals surface area contributed by atoms with Gasteiger partial charge in [-0.3, -0.25) is 0 Å². The molecule has 1 aliphatic rings. The molecule has 0 aliphatic heterocycles. The molecule has 0 nitrogen and oxygen atoms in total. The Morgan fingerprint density at radius 3 is 1.75 bits per heavy atom. The van der Waals surface area contributed by atoms with Crippen LogP contribution in [-0.2, 0) is 0 Å². The van der Waals surface area contributed by atoms with Gasteiger partial charge in [-0.25, -0.2) is 0 Å². The summed E-state index contributed by atoms with van der Waals surface area (Å²) in [4.78, 5) is 0. The summed E-state index contributed by atoms with van der Waals surface area (Å²) >= 11 is 0. The van der Waals surface area contributed by atoms with Crippen molar-refractivity contribution >= 4 is 0 Å². The molecule has 90 valence electrons. The van der Waals surface area contributed by atoms with Crippen LogP contribution in [0.25, 0.3) is 0 Å². The molecule has 0 unspecified atom stereocenters. The van der Waals surface area contributed by atoms with E-state index in [1.54, 1.807) is 0 Å². The second-order valence-electron chi connectivity index (χ2n) is 5.00. The van der Waals surface area contributed by atoms with E-state index in [4.69, 9.17) is 0 Å². The van der Waals surface area contributed by atoms with Crippen molar-refractivity contribution in [3.05, 3.63) is 35.4 Å². The predicted molar refractivity (Wildman–Crippen MR) is 72.8 cm³/mol. The van der Waals surface area contributed by atoms with E-state index in [1.165, 1.54) is 49.7 Å². The van der Waals surface area contributed by atoms with Crippen LogP contribution in [0.1, 0.15) is 56.6 Å². The van der Waals surface area contributed by atoms with E-state index >= 15 is 0 Å². The van der Waals surface area contributed by atoms with Crippen molar-refractivity contribution in [1.29, 1.82) is 0 Å². The summed E-state index contributed by atoms with van der Waals surface area (Å²) in [6.45, 7) is 6.56. The van der Waals surface area contributed by atoms with Gasteiger partial charge in [0.25, 0.3) is 0 Å². The second kappa shape index (κ2) is 7.49. The number of benzene rings is 1. The molecule has 1 saturated carbocycles. The lowest BCUT2D eigenvalue weighted by atomic mass is 9.88. The molecule has 1 aliphatic carbocycles. The van der Waals surface area contributed by atoms with Gasteiger partial charge in [0, 0.05) is 0 Å². The zero-order chi connectivity index (χ0) is 11.8. The average Bonchev–Trinajstić information content (AvgIpc) is 2.35. The minimum absolute atomic E-state index is 1.09. The summed E-state index contributed by atoms with van der Waals surface area (Å²) in [5, 5.41) is 0. The van der Waals surface area contributed by atoms with Gasteiger partial charge in [-0.1, -0.05) is 69.7 Å². The van der Waals surface area contributed by atoms with Crippen LogP contribution in [0.3, 0.4) is 0 Å². The van der Waals surface area contributed by atoms with Crippen LogP contribution >= 0.6 is 0 Å². The third-order valence-corrected chi connectivity index (χ3v) is 3.73. The molecular weight excluding hydrogens is 192 g/mol. The van der Waals surface area contributed by atoms with Gasteiger partial charge >= 0.3 is 0 Å². The summed E-state index contributed by atoms with van der Waals surface area (Å²) in [5.41, 5.74) is 2.74. The fourth-order valence-corrected chi connectivity index (χ4v) is 2.26. The maximum atomic E-state index is 2.32. The standard InChI is InChI=1S/C8H10.C8H16/c1-7-5-3-4-6-8(7)2;1-2-8-6-4-3-5-7-8/h3-6H,1-2H3;8H,2-7H2,1H3. The normalized spacial score (nSPS) is 16.4. The number of aryl methyl sites for hydroxylation is 2. The number of rotatable bonds is 1. The zero-order valence-electron chi connectivity index (χ0n) is 11.1. The average molecular weight is 218 g/mol. The quantitative estimate of drug-likeness (QED) is 0.601. The summed E-state index contributed by atoms with van der Waals surface area (Å²) in [6, 6.07) is 8.36. The molecule has 0 spiro atoms. The Kier molecular flexibility index (Phi) is 6.22. The highest BCUT2D eigenvalue weighted by Gasteiger charge is 2.09. The van der Waals surface area contributed by atoms with Gasteiger partial charge in [0.1, 0.15) is 0 Å².